The first kappa shape index (κ1) is 8.49. The summed E-state index contributed by atoms with van der Waals surface area (Å²) in [6.07, 6.45) is 0.790. The van der Waals surface area contributed by atoms with Crippen LogP contribution in [0.25, 0.3) is 0 Å². The maximum atomic E-state index is 7.74. The molecule has 0 aliphatic carbocycles. The number of nitrogens with zero attached hydrogens (tertiary/aromatic N) is 1. The molecule has 1 heterocycles. The predicted octanol–water partition coefficient (Wildman–Crippen LogP) is 3.31. The molecule has 1 unspecified atom stereocenters. The van der Waals surface area contributed by atoms with Crippen LogP contribution < -0.4 is 0 Å². The molecule has 1 atom stereocenters. The molecule has 0 saturated carbocycles. The minimum Gasteiger partial charge on any atom is -0.305 e. The highest BCUT2D eigenvalue weighted by Gasteiger charge is 2.21. The summed E-state index contributed by atoms with van der Waals surface area (Å²) in [4.78, 5) is 1.63. The molecule has 0 radical (unpaired) electrons. The van der Waals surface area contributed by atoms with E-state index in [0.29, 0.717) is 13.1 Å². The van der Waals surface area contributed by atoms with Gasteiger partial charge in [0.05, 0.1) is 0 Å². The number of rotatable bonds is 1. The molecule has 1 aliphatic heterocycles. The molecule has 0 spiro atoms. The van der Waals surface area contributed by atoms with Gasteiger partial charge < -0.3 is 4.90 Å². The van der Waals surface area contributed by atoms with Gasteiger partial charge in [0.1, 0.15) is 0 Å². The standard InChI is InChI=1S/C17H19N/c1-18-12-11-15-9-5-6-10-16(15)17(13-18)14-7-3-2-4-8-14/h2-10,17H,11-13H2,1H3/i1D3. The van der Waals surface area contributed by atoms with Gasteiger partial charge in [-0.25, -0.2) is 0 Å². The van der Waals surface area contributed by atoms with Gasteiger partial charge >= 0.3 is 0 Å². The summed E-state index contributed by atoms with van der Waals surface area (Å²) in [5.74, 6) is 0.116. The Morgan fingerprint density at radius 2 is 1.83 bits per heavy atom. The van der Waals surface area contributed by atoms with E-state index in [4.69, 9.17) is 4.11 Å². The van der Waals surface area contributed by atoms with Gasteiger partial charge in [-0.05, 0) is 30.1 Å². The van der Waals surface area contributed by atoms with Crippen molar-refractivity contribution in [2.24, 2.45) is 0 Å². The highest BCUT2D eigenvalue weighted by Crippen LogP contribution is 2.30. The highest BCUT2D eigenvalue weighted by atomic mass is 15.1. The lowest BCUT2D eigenvalue weighted by molar-refractivity contribution is 0.338. The SMILES string of the molecule is [2H]C([2H])([2H])N1CCc2ccccc2C(c2ccccc2)C1. The quantitative estimate of drug-likeness (QED) is 0.739. The average molecular weight is 240 g/mol. The molecule has 18 heavy (non-hydrogen) atoms. The topological polar surface area (TPSA) is 3.24 Å². The van der Waals surface area contributed by atoms with Crippen molar-refractivity contribution in [2.45, 2.75) is 12.3 Å². The Morgan fingerprint density at radius 1 is 1.06 bits per heavy atom. The van der Waals surface area contributed by atoms with Crippen molar-refractivity contribution in [3.05, 3.63) is 71.3 Å². The van der Waals surface area contributed by atoms with E-state index in [1.165, 1.54) is 16.7 Å². The van der Waals surface area contributed by atoms with Crippen molar-refractivity contribution in [3.63, 3.8) is 0 Å². The Kier molecular flexibility index (Phi) is 2.34. The molecule has 0 N–H and O–H groups in total. The summed E-state index contributed by atoms with van der Waals surface area (Å²) in [6.45, 7) is -0.913. The first-order valence-electron chi connectivity index (χ1n) is 7.93. The molecule has 1 nitrogen and oxygen atoms in total. The van der Waals surface area contributed by atoms with E-state index in [1.807, 2.05) is 30.3 Å². The monoisotopic (exact) mass is 240 g/mol. The van der Waals surface area contributed by atoms with Crippen molar-refractivity contribution in [1.82, 2.24) is 4.90 Å². The summed E-state index contributed by atoms with van der Waals surface area (Å²) in [6, 6.07) is 18.5. The second kappa shape index (κ2) is 4.95. The predicted molar refractivity (Wildman–Crippen MR) is 75.9 cm³/mol. The fourth-order valence-corrected chi connectivity index (χ4v) is 2.74. The Labute approximate surface area is 113 Å². The van der Waals surface area contributed by atoms with Gasteiger partial charge in [-0.2, -0.15) is 0 Å². The van der Waals surface area contributed by atoms with Crippen LogP contribution in [-0.4, -0.2) is 25.0 Å². The Balaban J connectivity index is 2.04. The molecule has 0 fully saturated rings. The average Bonchev–Trinajstić information content (AvgIpc) is 2.67. The van der Waals surface area contributed by atoms with Crippen LogP contribution >= 0.6 is 0 Å². The number of hydrogen-bond donors (Lipinski definition) is 0. The van der Waals surface area contributed by atoms with Crippen LogP contribution in [0.2, 0.25) is 0 Å². The third-order valence-electron chi connectivity index (χ3n) is 3.69. The summed E-state index contributed by atoms with van der Waals surface area (Å²) >= 11 is 0. The van der Waals surface area contributed by atoms with Gasteiger partial charge in [0.25, 0.3) is 0 Å². The van der Waals surface area contributed by atoms with Gasteiger partial charge in [-0.15, -0.1) is 0 Å². The van der Waals surface area contributed by atoms with E-state index in [1.54, 1.807) is 4.90 Å². The number of hydrogen-bond acceptors (Lipinski definition) is 1. The minimum absolute atomic E-state index is 0.116. The van der Waals surface area contributed by atoms with Crippen molar-refractivity contribution in [2.75, 3.05) is 20.1 Å². The molecule has 2 aromatic carbocycles. The third kappa shape index (κ3) is 2.19. The van der Waals surface area contributed by atoms with Crippen molar-refractivity contribution in [1.29, 1.82) is 0 Å². The largest absolute Gasteiger partial charge is 0.305 e. The van der Waals surface area contributed by atoms with Gasteiger partial charge in [-0.1, -0.05) is 54.6 Å². The van der Waals surface area contributed by atoms with Crippen molar-refractivity contribution < 1.29 is 4.11 Å². The van der Waals surface area contributed by atoms with Gasteiger partial charge in [0.15, 0.2) is 0 Å². The molecule has 0 amide bonds. The number of benzene rings is 2. The fourth-order valence-electron chi connectivity index (χ4n) is 2.74. The minimum atomic E-state index is -2.03. The molecule has 0 bridgehead atoms. The van der Waals surface area contributed by atoms with Crippen molar-refractivity contribution in [3.8, 4) is 0 Å². The lowest BCUT2D eigenvalue weighted by atomic mass is 9.88. The van der Waals surface area contributed by atoms with E-state index < -0.39 is 6.98 Å². The second-order valence-corrected chi connectivity index (χ2v) is 4.86. The summed E-state index contributed by atoms with van der Waals surface area (Å²) < 4.78 is 23.2. The van der Waals surface area contributed by atoms with Crippen LogP contribution in [0, 0.1) is 0 Å². The van der Waals surface area contributed by atoms with Crippen LogP contribution in [0.15, 0.2) is 54.6 Å². The molecule has 3 rings (SSSR count). The van der Waals surface area contributed by atoms with Crippen LogP contribution in [0.3, 0.4) is 0 Å². The van der Waals surface area contributed by atoms with Gasteiger partial charge in [-0.3, -0.25) is 0 Å². The van der Waals surface area contributed by atoms with E-state index in [9.17, 15) is 0 Å². The fraction of sp³-hybridized carbons (Fsp3) is 0.294. The third-order valence-corrected chi connectivity index (χ3v) is 3.69. The normalized spacial score (nSPS) is 23.3. The summed E-state index contributed by atoms with van der Waals surface area (Å²) in [7, 11) is 0. The van der Waals surface area contributed by atoms with E-state index >= 15 is 0 Å². The van der Waals surface area contributed by atoms with Crippen LogP contribution in [0.5, 0.6) is 0 Å². The zero-order valence-corrected chi connectivity index (χ0v) is 10.3. The van der Waals surface area contributed by atoms with Crippen LogP contribution in [0.4, 0.5) is 0 Å². The molecule has 92 valence electrons. The van der Waals surface area contributed by atoms with Gasteiger partial charge in [0.2, 0.25) is 0 Å². The smallest absolute Gasteiger partial charge is 0.0394 e. The van der Waals surface area contributed by atoms with E-state index in [-0.39, 0.29) is 5.92 Å². The molecular weight excluding hydrogens is 218 g/mol. The highest BCUT2D eigenvalue weighted by molar-refractivity contribution is 5.39. The Bertz CT molecular complexity index is 607. The van der Waals surface area contributed by atoms with Crippen LogP contribution in [-0.2, 0) is 6.42 Å². The zero-order valence-electron chi connectivity index (χ0n) is 13.3. The summed E-state index contributed by atoms with van der Waals surface area (Å²) in [5, 5.41) is 0. The molecular formula is C17H19N. The molecule has 2 aromatic rings. The number of likely N-dealkylation sites (N-methyl/N-ethyl adjacent to an activating group) is 1. The molecule has 1 heteroatoms. The zero-order chi connectivity index (χ0) is 14.9. The van der Waals surface area contributed by atoms with E-state index in [2.05, 4.69) is 24.3 Å². The van der Waals surface area contributed by atoms with Crippen molar-refractivity contribution >= 4 is 0 Å². The molecule has 0 saturated heterocycles. The molecule has 0 aromatic heterocycles. The maximum Gasteiger partial charge on any atom is 0.0394 e. The Hall–Kier alpha value is -1.60. The first-order valence-corrected chi connectivity index (χ1v) is 6.43. The molecule has 1 aliphatic rings. The maximum absolute atomic E-state index is 7.74. The second-order valence-electron chi connectivity index (χ2n) is 4.86. The van der Waals surface area contributed by atoms with Crippen LogP contribution in [0.1, 0.15) is 26.7 Å². The lowest BCUT2D eigenvalue weighted by Gasteiger charge is -2.21. The lowest BCUT2D eigenvalue weighted by Crippen LogP contribution is -2.24. The van der Waals surface area contributed by atoms with E-state index in [0.717, 1.165) is 6.42 Å². The summed E-state index contributed by atoms with van der Waals surface area (Å²) in [5.41, 5.74) is 3.70. The first-order chi connectivity index (χ1) is 10.1. The number of fused-ring (bicyclic) bond motifs is 1. The Morgan fingerprint density at radius 3 is 2.67 bits per heavy atom. The van der Waals surface area contributed by atoms with Gasteiger partial charge in [0, 0.05) is 23.1 Å².